The molecule has 2 heterocycles. The van der Waals surface area contributed by atoms with Crippen molar-refractivity contribution in [2.75, 3.05) is 5.75 Å². The third-order valence-corrected chi connectivity index (χ3v) is 3.27. The molecule has 0 spiro atoms. The molecule has 2 aromatic heterocycles. The van der Waals surface area contributed by atoms with Crippen LogP contribution in [0.2, 0.25) is 0 Å². The molecule has 0 fully saturated rings. The number of nitrogens with zero attached hydrogens (tertiary/aromatic N) is 2. The predicted octanol–water partition coefficient (Wildman–Crippen LogP) is 2.51. The molecule has 4 heteroatoms. The van der Waals surface area contributed by atoms with E-state index in [1.165, 1.54) is 4.83 Å². The van der Waals surface area contributed by atoms with Crippen molar-refractivity contribution in [1.29, 1.82) is 0 Å². The lowest BCUT2D eigenvalue weighted by Crippen LogP contribution is -1.70. The van der Waals surface area contributed by atoms with Crippen molar-refractivity contribution in [2.45, 2.75) is 11.9 Å². The van der Waals surface area contributed by atoms with Crippen LogP contribution >= 0.6 is 23.1 Å². The Morgan fingerprint density at radius 3 is 3.45 bits per heavy atom. The lowest BCUT2D eigenvalue weighted by atomic mass is 10.9. The van der Waals surface area contributed by atoms with Crippen LogP contribution in [0.15, 0.2) is 22.9 Å². The van der Waals surface area contributed by atoms with E-state index in [2.05, 4.69) is 21.7 Å². The van der Waals surface area contributed by atoms with Crippen LogP contribution in [0.1, 0.15) is 6.92 Å². The zero-order chi connectivity index (χ0) is 7.68. The Bertz CT molecular complexity index is 350. The number of thiazole rings is 1. The Morgan fingerprint density at radius 2 is 2.64 bits per heavy atom. The van der Waals surface area contributed by atoms with Gasteiger partial charge in [-0.05, 0) is 5.75 Å². The molecule has 58 valence electrons. The van der Waals surface area contributed by atoms with Crippen LogP contribution in [-0.4, -0.2) is 15.1 Å². The van der Waals surface area contributed by atoms with E-state index in [0.29, 0.717) is 0 Å². The molecule has 0 atom stereocenters. The van der Waals surface area contributed by atoms with Crippen LogP contribution in [0.4, 0.5) is 0 Å². The van der Waals surface area contributed by atoms with E-state index in [0.717, 1.165) is 10.8 Å². The lowest BCUT2D eigenvalue weighted by Gasteiger charge is -1.88. The fourth-order valence-corrected chi connectivity index (χ4v) is 2.60. The molecule has 2 rings (SSSR count). The number of aromatic nitrogens is 2. The summed E-state index contributed by atoms with van der Waals surface area (Å²) < 4.78 is 2.06. The SMILES string of the molecule is CCSc1ncn2ccsc12. The molecule has 0 aliphatic carbocycles. The molecule has 2 nitrogen and oxygen atoms in total. The Kier molecular flexibility index (Phi) is 1.87. The summed E-state index contributed by atoms with van der Waals surface area (Å²) in [5, 5.41) is 3.24. The summed E-state index contributed by atoms with van der Waals surface area (Å²) in [4.78, 5) is 5.54. The summed E-state index contributed by atoms with van der Waals surface area (Å²) >= 11 is 3.53. The maximum atomic E-state index is 4.28. The highest BCUT2D eigenvalue weighted by Crippen LogP contribution is 2.24. The number of hydrogen-bond donors (Lipinski definition) is 0. The number of fused-ring (bicyclic) bond motifs is 1. The van der Waals surface area contributed by atoms with Crippen LogP contribution in [0.5, 0.6) is 0 Å². The van der Waals surface area contributed by atoms with Crippen LogP contribution in [0, 0.1) is 0 Å². The van der Waals surface area contributed by atoms with Gasteiger partial charge < -0.3 is 0 Å². The second-order valence-corrected chi connectivity index (χ2v) is 4.25. The second kappa shape index (κ2) is 2.87. The van der Waals surface area contributed by atoms with E-state index < -0.39 is 0 Å². The Hall–Kier alpha value is -0.480. The van der Waals surface area contributed by atoms with E-state index in [4.69, 9.17) is 0 Å². The Morgan fingerprint density at radius 1 is 1.73 bits per heavy atom. The normalized spacial score (nSPS) is 11.0. The molecule has 0 unspecified atom stereocenters. The lowest BCUT2D eigenvalue weighted by molar-refractivity contribution is 1.15. The summed E-state index contributed by atoms with van der Waals surface area (Å²) in [5.41, 5.74) is 0. The molecular weight excluding hydrogens is 176 g/mol. The second-order valence-electron chi connectivity index (χ2n) is 2.10. The molecule has 0 bridgehead atoms. The highest BCUT2D eigenvalue weighted by molar-refractivity contribution is 7.99. The first kappa shape index (κ1) is 7.18. The van der Waals surface area contributed by atoms with E-state index in [9.17, 15) is 0 Å². The van der Waals surface area contributed by atoms with Gasteiger partial charge in [-0.1, -0.05) is 6.92 Å². The quantitative estimate of drug-likeness (QED) is 0.667. The molecule has 0 aromatic carbocycles. The van der Waals surface area contributed by atoms with Crippen molar-refractivity contribution in [2.24, 2.45) is 0 Å². The van der Waals surface area contributed by atoms with Gasteiger partial charge >= 0.3 is 0 Å². The van der Waals surface area contributed by atoms with Crippen LogP contribution < -0.4 is 0 Å². The van der Waals surface area contributed by atoms with Gasteiger partial charge in [-0.2, -0.15) is 0 Å². The minimum absolute atomic E-state index is 1.09. The third-order valence-electron chi connectivity index (χ3n) is 1.40. The van der Waals surface area contributed by atoms with Gasteiger partial charge in [0.05, 0.1) is 0 Å². The van der Waals surface area contributed by atoms with Crippen molar-refractivity contribution in [3.63, 3.8) is 0 Å². The van der Waals surface area contributed by atoms with Crippen molar-refractivity contribution < 1.29 is 0 Å². The average molecular weight is 184 g/mol. The van der Waals surface area contributed by atoms with Gasteiger partial charge in [0, 0.05) is 11.6 Å². The maximum absolute atomic E-state index is 4.28. The zero-order valence-electron chi connectivity index (χ0n) is 6.15. The summed E-state index contributed by atoms with van der Waals surface area (Å²) in [6.07, 6.45) is 3.90. The van der Waals surface area contributed by atoms with Crippen LogP contribution in [-0.2, 0) is 0 Å². The first-order valence-corrected chi connectivity index (χ1v) is 5.31. The van der Waals surface area contributed by atoms with Crippen LogP contribution in [0.3, 0.4) is 0 Å². The zero-order valence-corrected chi connectivity index (χ0v) is 7.78. The molecule has 2 aromatic rings. The van der Waals surface area contributed by atoms with E-state index >= 15 is 0 Å². The fraction of sp³-hybridized carbons (Fsp3) is 0.286. The first-order valence-electron chi connectivity index (χ1n) is 3.44. The highest BCUT2D eigenvalue weighted by Gasteiger charge is 2.03. The van der Waals surface area contributed by atoms with Gasteiger partial charge in [0.25, 0.3) is 0 Å². The maximum Gasteiger partial charge on any atom is 0.133 e. The summed E-state index contributed by atoms with van der Waals surface area (Å²) in [7, 11) is 0. The molecule has 0 radical (unpaired) electrons. The Balaban J connectivity index is 2.51. The summed E-state index contributed by atoms with van der Waals surface area (Å²) in [6.45, 7) is 2.14. The minimum atomic E-state index is 1.09. The van der Waals surface area contributed by atoms with E-state index in [1.807, 2.05) is 12.5 Å². The molecule has 0 aliphatic heterocycles. The number of hydrogen-bond acceptors (Lipinski definition) is 3. The van der Waals surface area contributed by atoms with Crippen molar-refractivity contribution in [1.82, 2.24) is 9.38 Å². The largest absolute Gasteiger partial charge is 0.296 e. The van der Waals surface area contributed by atoms with Gasteiger partial charge in [0.15, 0.2) is 0 Å². The monoisotopic (exact) mass is 184 g/mol. The van der Waals surface area contributed by atoms with Gasteiger partial charge in [-0.25, -0.2) is 4.98 Å². The summed E-state index contributed by atoms with van der Waals surface area (Å²) in [5.74, 6) is 1.09. The highest BCUT2D eigenvalue weighted by atomic mass is 32.2. The van der Waals surface area contributed by atoms with Crippen molar-refractivity contribution >= 4 is 27.9 Å². The van der Waals surface area contributed by atoms with Crippen LogP contribution in [0.25, 0.3) is 4.83 Å². The molecule has 0 amide bonds. The topological polar surface area (TPSA) is 17.3 Å². The number of rotatable bonds is 2. The van der Waals surface area contributed by atoms with Gasteiger partial charge in [0.2, 0.25) is 0 Å². The van der Waals surface area contributed by atoms with Crippen molar-refractivity contribution in [3.8, 4) is 0 Å². The predicted molar refractivity (Wildman–Crippen MR) is 49.5 cm³/mol. The smallest absolute Gasteiger partial charge is 0.133 e. The van der Waals surface area contributed by atoms with E-state index in [1.54, 1.807) is 23.1 Å². The standard InChI is InChI=1S/C7H8N2S2/c1-2-10-6-7-9(5-8-6)3-4-11-7/h3-5H,2H2,1H3. The van der Waals surface area contributed by atoms with Gasteiger partial charge in [0.1, 0.15) is 16.2 Å². The van der Waals surface area contributed by atoms with Crippen molar-refractivity contribution in [3.05, 3.63) is 17.9 Å². The number of thioether (sulfide) groups is 1. The number of imidazole rings is 1. The summed E-state index contributed by atoms with van der Waals surface area (Å²) in [6, 6.07) is 0. The molecule has 0 saturated carbocycles. The molecule has 11 heavy (non-hydrogen) atoms. The molecule has 0 N–H and O–H groups in total. The van der Waals surface area contributed by atoms with Gasteiger partial charge in [-0.3, -0.25) is 4.40 Å². The average Bonchev–Trinajstić information content (AvgIpc) is 2.53. The fourth-order valence-electron chi connectivity index (χ4n) is 0.946. The first-order chi connectivity index (χ1) is 5.42. The molecule has 0 saturated heterocycles. The Labute approximate surface area is 73.3 Å². The van der Waals surface area contributed by atoms with Gasteiger partial charge in [-0.15, -0.1) is 23.1 Å². The third kappa shape index (κ3) is 1.16. The minimum Gasteiger partial charge on any atom is -0.296 e. The molecular formula is C7H8N2S2. The van der Waals surface area contributed by atoms with E-state index in [-0.39, 0.29) is 0 Å². The molecule has 0 aliphatic rings.